The molecule has 1 aromatic carbocycles. The minimum absolute atomic E-state index is 0.514. The standard InChI is InChI=1S/C7H7ClOS/c8-7-3-1-6(2-4-7)5-9-10/h1-4,10H,5H2. The smallest absolute Gasteiger partial charge is 0.0861 e. The van der Waals surface area contributed by atoms with Gasteiger partial charge in [-0.05, 0) is 30.6 Å². The number of halogens is 1. The van der Waals surface area contributed by atoms with Gasteiger partial charge in [0, 0.05) is 5.02 Å². The van der Waals surface area contributed by atoms with Gasteiger partial charge in [0.15, 0.2) is 0 Å². The van der Waals surface area contributed by atoms with Gasteiger partial charge in [0.05, 0.1) is 6.61 Å². The van der Waals surface area contributed by atoms with Crippen LogP contribution in [-0.2, 0) is 10.8 Å². The van der Waals surface area contributed by atoms with Crippen molar-refractivity contribution >= 4 is 24.5 Å². The molecule has 0 heterocycles. The lowest BCUT2D eigenvalue weighted by atomic mass is 10.2. The fraction of sp³-hybridized carbons (Fsp3) is 0.143. The van der Waals surface area contributed by atoms with Crippen LogP contribution in [-0.4, -0.2) is 0 Å². The first-order valence-electron chi connectivity index (χ1n) is 2.84. The van der Waals surface area contributed by atoms with E-state index in [1.165, 1.54) is 0 Å². The lowest BCUT2D eigenvalue weighted by Gasteiger charge is -1.96. The Morgan fingerprint density at radius 2 is 1.90 bits per heavy atom. The predicted molar refractivity (Wildman–Crippen MR) is 45.2 cm³/mol. The fourth-order valence-electron chi connectivity index (χ4n) is 0.655. The minimum Gasteiger partial charge on any atom is -0.314 e. The van der Waals surface area contributed by atoms with Crippen LogP contribution in [0.2, 0.25) is 5.02 Å². The molecule has 0 saturated heterocycles. The first-order chi connectivity index (χ1) is 4.83. The van der Waals surface area contributed by atoms with Crippen LogP contribution in [0.4, 0.5) is 0 Å². The van der Waals surface area contributed by atoms with Crippen molar-refractivity contribution in [1.82, 2.24) is 0 Å². The van der Waals surface area contributed by atoms with Gasteiger partial charge in [0.2, 0.25) is 0 Å². The first-order valence-corrected chi connectivity index (χ1v) is 3.58. The van der Waals surface area contributed by atoms with Gasteiger partial charge in [-0.25, -0.2) is 0 Å². The third kappa shape index (κ3) is 2.21. The second-order valence-corrected chi connectivity index (χ2v) is 2.59. The van der Waals surface area contributed by atoms with Gasteiger partial charge in [-0.3, -0.25) is 0 Å². The Kier molecular flexibility index (Phi) is 3.06. The van der Waals surface area contributed by atoms with E-state index in [9.17, 15) is 0 Å². The van der Waals surface area contributed by atoms with E-state index in [4.69, 9.17) is 11.6 Å². The van der Waals surface area contributed by atoms with E-state index in [-0.39, 0.29) is 0 Å². The quantitative estimate of drug-likeness (QED) is 0.536. The molecule has 0 bridgehead atoms. The SMILES string of the molecule is SOCc1ccc(Cl)cc1. The zero-order valence-electron chi connectivity index (χ0n) is 5.25. The summed E-state index contributed by atoms with van der Waals surface area (Å²) in [5.41, 5.74) is 1.07. The number of benzene rings is 1. The van der Waals surface area contributed by atoms with Crippen molar-refractivity contribution in [2.24, 2.45) is 0 Å². The summed E-state index contributed by atoms with van der Waals surface area (Å²) in [6.07, 6.45) is 0. The molecule has 0 aliphatic rings. The number of thiol groups is 1. The molecule has 0 unspecified atom stereocenters. The number of hydrogen-bond acceptors (Lipinski definition) is 2. The van der Waals surface area contributed by atoms with Crippen molar-refractivity contribution in [3.8, 4) is 0 Å². The third-order valence-electron chi connectivity index (χ3n) is 1.14. The van der Waals surface area contributed by atoms with Gasteiger partial charge < -0.3 is 4.18 Å². The monoisotopic (exact) mass is 174 g/mol. The summed E-state index contributed by atoms with van der Waals surface area (Å²) in [4.78, 5) is 0. The molecule has 3 heteroatoms. The Balaban J connectivity index is 2.69. The third-order valence-corrected chi connectivity index (χ3v) is 1.53. The van der Waals surface area contributed by atoms with E-state index in [2.05, 4.69) is 17.1 Å². The van der Waals surface area contributed by atoms with Crippen LogP contribution in [0.5, 0.6) is 0 Å². The topological polar surface area (TPSA) is 9.23 Å². The maximum atomic E-state index is 5.65. The van der Waals surface area contributed by atoms with E-state index >= 15 is 0 Å². The summed E-state index contributed by atoms with van der Waals surface area (Å²) < 4.78 is 4.62. The van der Waals surface area contributed by atoms with Gasteiger partial charge >= 0.3 is 0 Å². The Hall–Kier alpha value is -0.180. The van der Waals surface area contributed by atoms with Crippen molar-refractivity contribution < 1.29 is 4.18 Å². The van der Waals surface area contributed by atoms with E-state index < -0.39 is 0 Å². The normalized spacial score (nSPS) is 9.80. The molecule has 0 amide bonds. The Morgan fingerprint density at radius 3 is 2.40 bits per heavy atom. The summed E-state index contributed by atoms with van der Waals surface area (Å²) in [6, 6.07) is 7.45. The lowest BCUT2D eigenvalue weighted by Crippen LogP contribution is -1.81. The van der Waals surface area contributed by atoms with E-state index in [0.29, 0.717) is 6.61 Å². The van der Waals surface area contributed by atoms with Crippen molar-refractivity contribution in [1.29, 1.82) is 0 Å². The Bertz CT molecular complexity index is 197. The summed E-state index contributed by atoms with van der Waals surface area (Å²) in [5, 5.41) is 0.739. The lowest BCUT2D eigenvalue weighted by molar-refractivity contribution is 0.372. The molecular weight excluding hydrogens is 168 g/mol. The van der Waals surface area contributed by atoms with Gasteiger partial charge in [0.1, 0.15) is 0 Å². The van der Waals surface area contributed by atoms with Crippen LogP contribution in [0.15, 0.2) is 24.3 Å². The van der Waals surface area contributed by atoms with Gasteiger partial charge in [-0.1, -0.05) is 23.7 Å². The van der Waals surface area contributed by atoms with Crippen LogP contribution < -0.4 is 0 Å². The molecule has 54 valence electrons. The maximum Gasteiger partial charge on any atom is 0.0861 e. The first kappa shape index (κ1) is 7.92. The minimum atomic E-state index is 0.514. The van der Waals surface area contributed by atoms with Crippen LogP contribution >= 0.6 is 24.5 Å². The Morgan fingerprint density at radius 1 is 1.30 bits per heavy atom. The molecule has 0 atom stereocenters. The molecule has 0 fully saturated rings. The summed E-state index contributed by atoms with van der Waals surface area (Å²) >= 11 is 9.28. The van der Waals surface area contributed by atoms with E-state index in [0.717, 1.165) is 10.6 Å². The van der Waals surface area contributed by atoms with Crippen molar-refractivity contribution in [2.45, 2.75) is 6.61 Å². The summed E-state index contributed by atoms with van der Waals surface area (Å²) in [5.74, 6) is 0. The molecule has 0 spiro atoms. The predicted octanol–water partition coefficient (Wildman–Crippen LogP) is 2.70. The summed E-state index contributed by atoms with van der Waals surface area (Å²) in [7, 11) is 0. The molecule has 0 aliphatic heterocycles. The van der Waals surface area contributed by atoms with Crippen molar-refractivity contribution in [3.05, 3.63) is 34.9 Å². The zero-order valence-corrected chi connectivity index (χ0v) is 6.90. The highest BCUT2D eigenvalue weighted by atomic mass is 35.5. The highest BCUT2D eigenvalue weighted by Crippen LogP contribution is 2.10. The summed E-state index contributed by atoms with van der Waals surface area (Å²) in [6.45, 7) is 0.514. The van der Waals surface area contributed by atoms with Gasteiger partial charge in [0.25, 0.3) is 0 Å². The van der Waals surface area contributed by atoms with Gasteiger partial charge in [-0.2, -0.15) is 0 Å². The van der Waals surface area contributed by atoms with Crippen LogP contribution in [0, 0.1) is 0 Å². The number of hydrogen-bond donors (Lipinski definition) is 1. The van der Waals surface area contributed by atoms with Gasteiger partial charge in [-0.15, -0.1) is 0 Å². The average molecular weight is 175 g/mol. The average Bonchev–Trinajstić information content (AvgIpc) is 1.95. The van der Waals surface area contributed by atoms with Crippen molar-refractivity contribution in [2.75, 3.05) is 0 Å². The van der Waals surface area contributed by atoms with Crippen LogP contribution in [0.1, 0.15) is 5.56 Å². The molecule has 0 aromatic heterocycles. The fourth-order valence-corrected chi connectivity index (χ4v) is 0.930. The van der Waals surface area contributed by atoms with E-state index in [1.807, 2.05) is 24.3 Å². The van der Waals surface area contributed by atoms with Crippen LogP contribution in [0.25, 0.3) is 0 Å². The molecule has 0 radical (unpaired) electrons. The molecule has 1 rings (SSSR count). The second-order valence-electron chi connectivity index (χ2n) is 1.90. The Labute approximate surface area is 70.6 Å². The number of rotatable bonds is 2. The zero-order chi connectivity index (χ0) is 7.40. The second kappa shape index (κ2) is 3.86. The van der Waals surface area contributed by atoms with Crippen molar-refractivity contribution in [3.63, 3.8) is 0 Å². The molecule has 0 saturated carbocycles. The molecule has 10 heavy (non-hydrogen) atoms. The highest BCUT2D eigenvalue weighted by molar-refractivity contribution is 7.75. The highest BCUT2D eigenvalue weighted by Gasteiger charge is 1.89. The van der Waals surface area contributed by atoms with E-state index in [1.54, 1.807) is 0 Å². The molecular formula is C7H7ClOS. The molecule has 0 aliphatic carbocycles. The molecule has 1 nitrogen and oxygen atoms in total. The van der Waals surface area contributed by atoms with Crippen LogP contribution in [0.3, 0.4) is 0 Å². The largest absolute Gasteiger partial charge is 0.314 e. The molecule has 1 aromatic rings. The molecule has 0 N–H and O–H groups in total. The maximum absolute atomic E-state index is 5.65.